The number of hydrogen-bond donors (Lipinski definition) is 3. The van der Waals surface area contributed by atoms with Gasteiger partial charge in [0.2, 0.25) is 5.91 Å². The lowest BCUT2D eigenvalue weighted by Crippen LogP contribution is -2.57. The first-order chi connectivity index (χ1) is 15.5. The first-order valence-electron chi connectivity index (χ1n) is 10.8. The molecule has 0 radical (unpaired) electrons. The van der Waals surface area contributed by atoms with Crippen LogP contribution in [0, 0.1) is 17.1 Å². The Hall–Kier alpha value is -3.28. The fourth-order valence-corrected chi connectivity index (χ4v) is 4.01. The Bertz CT molecular complexity index is 997. The third-order valence-electron chi connectivity index (χ3n) is 5.98. The highest BCUT2D eigenvalue weighted by molar-refractivity contribution is 5.97. The van der Waals surface area contributed by atoms with Gasteiger partial charge >= 0.3 is 0 Å². The molecule has 0 spiro atoms. The molecule has 1 heterocycles. The first kappa shape index (κ1) is 21.9. The number of nitrogens with zero attached hydrogens (tertiary/aromatic N) is 2. The predicted octanol–water partition coefficient (Wildman–Crippen LogP) is 1.37. The van der Waals surface area contributed by atoms with E-state index in [1.807, 2.05) is 6.07 Å². The second kappa shape index (κ2) is 9.90. The van der Waals surface area contributed by atoms with Crippen molar-refractivity contribution in [2.75, 3.05) is 32.7 Å². The van der Waals surface area contributed by atoms with Crippen molar-refractivity contribution < 1.29 is 14.0 Å². The Morgan fingerprint density at radius 1 is 1.12 bits per heavy atom. The topological polar surface area (TPSA) is 97.3 Å². The molecule has 0 aromatic heterocycles. The third kappa shape index (κ3) is 5.31. The van der Waals surface area contributed by atoms with Gasteiger partial charge in [0.1, 0.15) is 11.9 Å². The molecular formula is C24H26FN5O2. The normalized spacial score (nSPS) is 20.8. The number of carbonyl (C=O) groups is 2. The zero-order valence-corrected chi connectivity index (χ0v) is 17.7. The molecule has 2 aromatic carbocycles. The van der Waals surface area contributed by atoms with Crippen LogP contribution in [0.15, 0.2) is 48.5 Å². The Labute approximate surface area is 186 Å². The highest BCUT2D eigenvalue weighted by Gasteiger charge is 2.39. The minimum absolute atomic E-state index is 0.111. The van der Waals surface area contributed by atoms with Gasteiger partial charge in [-0.3, -0.25) is 9.59 Å². The summed E-state index contributed by atoms with van der Waals surface area (Å²) in [7, 11) is 0. The maximum Gasteiger partial charge on any atom is 0.251 e. The summed E-state index contributed by atoms with van der Waals surface area (Å²) in [5, 5.41) is 18.4. The number of carbonyl (C=O) groups excluding carboxylic acids is 2. The SMILES string of the molecule is N#Cc1ccc(C(=O)NC(CN[C@@H]2C[C@H]2c2ccc(F)cc2)C(=O)N2CCNCC2)cc1. The van der Waals surface area contributed by atoms with Gasteiger partial charge in [-0.15, -0.1) is 0 Å². The molecule has 2 amide bonds. The molecule has 32 heavy (non-hydrogen) atoms. The summed E-state index contributed by atoms with van der Waals surface area (Å²) in [5.41, 5.74) is 1.94. The highest BCUT2D eigenvalue weighted by Crippen LogP contribution is 2.40. The summed E-state index contributed by atoms with van der Waals surface area (Å²) in [5.74, 6) is -0.443. The van der Waals surface area contributed by atoms with Crippen LogP contribution in [0.4, 0.5) is 4.39 Å². The summed E-state index contributed by atoms with van der Waals surface area (Å²) in [6.45, 7) is 2.97. The van der Waals surface area contributed by atoms with E-state index < -0.39 is 6.04 Å². The summed E-state index contributed by atoms with van der Waals surface area (Å²) >= 11 is 0. The van der Waals surface area contributed by atoms with Crippen molar-refractivity contribution in [3.05, 3.63) is 71.0 Å². The van der Waals surface area contributed by atoms with Crippen molar-refractivity contribution in [3.8, 4) is 6.07 Å². The van der Waals surface area contributed by atoms with E-state index in [4.69, 9.17) is 5.26 Å². The third-order valence-corrected chi connectivity index (χ3v) is 5.98. The molecule has 1 aliphatic carbocycles. The van der Waals surface area contributed by atoms with Crippen LogP contribution < -0.4 is 16.0 Å². The molecule has 0 bridgehead atoms. The zero-order valence-electron chi connectivity index (χ0n) is 17.7. The van der Waals surface area contributed by atoms with E-state index in [0.717, 1.165) is 25.1 Å². The highest BCUT2D eigenvalue weighted by atomic mass is 19.1. The number of piperazine rings is 1. The van der Waals surface area contributed by atoms with E-state index in [-0.39, 0.29) is 29.6 Å². The lowest BCUT2D eigenvalue weighted by molar-refractivity contribution is -0.133. The number of nitriles is 1. The average Bonchev–Trinajstić information content (AvgIpc) is 3.62. The van der Waals surface area contributed by atoms with Gasteiger partial charge in [-0.1, -0.05) is 12.1 Å². The molecule has 7 nitrogen and oxygen atoms in total. The van der Waals surface area contributed by atoms with E-state index in [1.165, 1.54) is 12.1 Å². The van der Waals surface area contributed by atoms with E-state index in [2.05, 4.69) is 16.0 Å². The van der Waals surface area contributed by atoms with Crippen LogP contribution in [0.25, 0.3) is 0 Å². The summed E-state index contributed by atoms with van der Waals surface area (Å²) in [6, 6.07) is 14.3. The zero-order chi connectivity index (χ0) is 22.5. The molecule has 1 saturated carbocycles. The molecule has 1 saturated heterocycles. The van der Waals surface area contributed by atoms with Gasteiger partial charge < -0.3 is 20.9 Å². The Kier molecular flexibility index (Phi) is 6.78. The number of nitrogens with one attached hydrogen (secondary N) is 3. The van der Waals surface area contributed by atoms with Gasteiger partial charge in [-0.05, 0) is 48.4 Å². The fraction of sp³-hybridized carbons (Fsp3) is 0.375. The molecule has 3 atom stereocenters. The Morgan fingerprint density at radius 2 is 1.81 bits per heavy atom. The summed E-state index contributed by atoms with van der Waals surface area (Å²) in [4.78, 5) is 27.7. The van der Waals surface area contributed by atoms with E-state index in [1.54, 1.807) is 41.3 Å². The molecule has 1 aliphatic heterocycles. The van der Waals surface area contributed by atoms with E-state index >= 15 is 0 Å². The number of amides is 2. The second-order valence-electron chi connectivity index (χ2n) is 8.20. The van der Waals surface area contributed by atoms with Crippen molar-refractivity contribution in [2.45, 2.75) is 24.4 Å². The lowest BCUT2D eigenvalue weighted by Gasteiger charge is -2.31. The van der Waals surface area contributed by atoms with Gasteiger partial charge in [0.15, 0.2) is 0 Å². The lowest BCUT2D eigenvalue weighted by atomic mass is 10.1. The number of hydrogen-bond acceptors (Lipinski definition) is 5. The summed E-state index contributed by atoms with van der Waals surface area (Å²) in [6.07, 6.45) is 0.906. The largest absolute Gasteiger partial charge is 0.339 e. The van der Waals surface area contributed by atoms with Gasteiger partial charge in [0, 0.05) is 50.2 Å². The van der Waals surface area contributed by atoms with Gasteiger partial charge in [0.25, 0.3) is 5.91 Å². The minimum atomic E-state index is -0.703. The van der Waals surface area contributed by atoms with Crippen LogP contribution in [0.3, 0.4) is 0 Å². The van der Waals surface area contributed by atoms with Gasteiger partial charge in [-0.2, -0.15) is 5.26 Å². The van der Waals surface area contributed by atoms with Crippen LogP contribution in [0.2, 0.25) is 0 Å². The molecule has 2 fully saturated rings. The van der Waals surface area contributed by atoms with Crippen molar-refractivity contribution >= 4 is 11.8 Å². The number of benzene rings is 2. The Morgan fingerprint density at radius 3 is 2.47 bits per heavy atom. The second-order valence-corrected chi connectivity index (χ2v) is 8.20. The van der Waals surface area contributed by atoms with Crippen molar-refractivity contribution in [1.82, 2.24) is 20.9 Å². The van der Waals surface area contributed by atoms with Crippen LogP contribution in [-0.2, 0) is 4.79 Å². The average molecular weight is 436 g/mol. The minimum Gasteiger partial charge on any atom is -0.339 e. The van der Waals surface area contributed by atoms with Crippen molar-refractivity contribution in [3.63, 3.8) is 0 Å². The monoisotopic (exact) mass is 435 g/mol. The molecular weight excluding hydrogens is 409 g/mol. The van der Waals surface area contributed by atoms with Crippen molar-refractivity contribution in [2.24, 2.45) is 0 Å². The summed E-state index contributed by atoms with van der Waals surface area (Å²) < 4.78 is 13.2. The van der Waals surface area contributed by atoms with Gasteiger partial charge in [-0.25, -0.2) is 4.39 Å². The van der Waals surface area contributed by atoms with Crippen LogP contribution in [0.5, 0.6) is 0 Å². The van der Waals surface area contributed by atoms with E-state index in [9.17, 15) is 14.0 Å². The molecule has 8 heteroatoms. The Balaban J connectivity index is 1.40. The van der Waals surface area contributed by atoms with E-state index in [0.29, 0.717) is 30.8 Å². The number of halogens is 1. The first-order valence-corrected chi connectivity index (χ1v) is 10.8. The maximum atomic E-state index is 13.2. The molecule has 166 valence electrons. The molecule has 1 unspecified atom stereocenters. The molecule has 2 aliphatic rings. The van der Waals surface area contributed by atoms with Crippen LogP contribution in [0.1, 0.15) is 33.8 Å². The van der Waals surface area contributed by atoms with Crippen LogP contribution in [-0.4, -0.2) is 61.5 Å². The standard InChI is InChI=1S/C24H26FN5O2/c25-19-7-5-17(6-8-19)20-13-21(20)28-15-22(24(32)30-11-9-27-10-12-30)29-23(31)18-3-1-16(14-26)2-4-18/h1-8,20-22,27-28H,9-13,15H2,(H,29,31)/t20-,21+,22?/m0/s1. The fourth-order valence-electron chi connectivity index (χ4n) is 4.01. The molecule has 2 aromatic rings. The van der Waals surface area contributed by atoms with Crippen LogP contribution >= 0.6 is 0 Å². The predicted molar refractivity (Wildman–Crippen MR) is 117 cm³/mol. The number of rotatable bonds is 7. The smallest absolute Gasteiger partial charge is 0.251 e. The van der Waals surface area contributed by atoms with Gasteiger partial charge in [0.05, 0.1) is 11.6 Å². The quantitative estimate of drug-likeness (QED) is 0.611. The molecule has 3 N–H and O–H groups in total. The molecule has 4 rings (SSSR count). The van der Waals surface area contributed by atoms with Crippen molar-refractivity contribution in [1.29, 1.82) is 5.26 Å². The maximum absolute atomic E-state index is 13.2.